The zero-order chi connectivity index (χ0) is 13.1. The predicted octanol–water partition coefficient (Wildman–Crippen LogP) is 1.54. The van der Waals surface area contributed by atoms with Gasteiger partial charge in [-0.3, -0.25) is 4.98 Å². The molecule has 0 spiro atoms. The minimum atomic E-state index is 0.738. The summed E-state index contributed by atoms with van der Waals surface area (Å²) in [6.07, 6.45) is 10.6. The molecule has 0 bridgehead atoms. The number of fused-ring (bicyclic) bond motifs is 1. The van der Waals surface area contributed by atoms with Gasteiger partial charge in [0.2, 0.25) is 0 Å². The topological polar surface area (TPSA) is 68.2 Å². The smallest absolute Gasteiger partial charge is 0.194 e. The van der Waals surface area contributed by atoms with Gasteiger partial charge in [0.05, 0.1) is 29.7 Å². The Morgan fingerprint density at radius 1 is 1.32 bits per heavy atom. The zero-order valence-corrected chi connectivity index (χ0v) is 10.7. The monoisotopic (exact) mass is 257 g/mol. The summed E-state index contributed by atoms with van der Waals surface area (Å²) in [5.74, 6) is 1.50. The summed E-state index contributed by atoms with van der Waals surface area (Å²) in [5.41, 5.74) is 1.83. The molecule has 98 valence electrons. The molecule has 0 fully saturated rings. The summed E-state index contributed by atoms with van der Waals surface area (Å²) in [6.45, 7) is 0.957. The van der Waals surface area contributed by atoms with E-state index in [4.69, 9.17) is 4.42 Å². The van der Waals surface area contributed by atoms with Crippen LogP contribution in [0.3, 0.4) is 0 Å². The number of hydrogen-bond donors (Lipinski definition) is 1. The van der Waals surface area contributed by atoms with E-state index in [1.54, 1.807) is 29.3 Å². The Balaban J connectivity index is 1.86. The fourth-order valence-electron chi connectivity index (χ4n) is 1.99. The Bertz CT molecular complexity index is 672. The van der Waals surface area contributed by atoms with Gasteiger partial charge in [-0.25, -0.2) is 9.50 Å². The molecule has 0 atom stereocenters. The molecule has 0 aromatic carbocycles. The van der Waals surface area contributed by atoms with Crippen molar-refractivity contribution in [2.24, 2.45) is 0 Å². The first-order chi connectivity index (χ1) is 9.38. The van der Waals surface area contributed by atoms with Crippen LogP contribution in [-0.4, -0.2) is 33.2 Å². The molecule has 0 saturated heterocycles. The molecule has 0 saturated carbocycles. The second kappa shape index (κ2) is 5.19. The molecule has 6 heteroatoms. The van der Waals surface area contributed by atoms with Crippen LogP contribution in [0.2, 0.25) is 0 Å². The number of hydrogen-bond acceptors (Lipinski definition) is 5. The van der Waals surface area contributed by atoms with Crippen LogP contribution in [0, 0.1) is 0 Å². The quantitative estimate of drug-likeness (QED) is 0.702. The SMILES string of the molecule is CNCCCc1ncc(-c2cnn3ccncc23)o1. The molecule has 0 unspecified atom stereocenters. The highest BCUT2D eigenvalue weighted by Gasteiger charge is 2.11. The van der Waals surface area contributed by atoms with Gasteiger partial charge in [0, 0.05) is 18.8 Å². The molecule has 3 rings (SSSR count). The Morgan fingerprint density at radius 3 is 3.16 bits per heavy atom. The molecule has 0 aliphatic rings. The third kappa shape index (κ3) is 2.34. The molecule has 19 heavy (non-hydrogen) atoms. The number of rotatable bonds is 5. The Kier molecular flexibility index (Phi) is 3.24. The van der Waals surface area contributed by atoms with Crippen molar-refractivity contribution in [3.63, 3.8) is 0 Å². The van der Waals surface area contributed by atoms with E-state index < -0.39 is 0 Å². The fraction of sp³-hybridized carbons (Fsp3) is 0.308. The standard InChI is InChI=1S/C13H15N5O/c1-14-4-2-3-13-16-9-12(19-13)10-7-17-18-6-5-15-8-11(10)18/h5-9,14H,2-4H2,1H3. The first-order valence-electron chi connectivity index (χ1n) is 6.25. The lowest BCUT2D eigenvalue weighted by molar-refractivity contribution is 0.495. The third-order valence-electron chi connectivity index (χ3n) is 2.96. The molecule has 0 aliphatic heterocycles. The van der Waals surface area contributed by atoms with Crippen molar-refractivity contribution in [1.82, 2.24) is 24.9 Å². The Labute approximate surface area is 110 Å². The lowest BCUT2D eigenvalue weighted by atomic mass is 10.2. The Morgan fingerprint density at radius 2 is 2.26 bits per heavy atom. The van der Waals surface area contributed by atoms with E-state index in [0.29, 0.717) is 0 Å². The summed E-state index contributed by atoms with van der Waals surface area (Å²) in [4.78, 5) is 8.41. The molecule has 3 aromatic rings. The van der Waals surface area contributed by atoms with Crippen LogP contribution in [0.4, 0.5) is 0 Å². The first-order valence-corrected chi connectivity index (χ1v) is 6.25. The van der Waals surface area contributed by atoms with Gasteiger partial charge in [-0.1, -0.05) is 0 Å². The summed E-state index contributed by atoms with van der Waals surface area (Å²) in [5, 5.41) is 7.36. The maximum Gasteiger partial charge on any atom is 0.194 e. The van der Waals surface area contributed by atoms with Gasteiger partial charge in [0.25, 0.3) is 0 Å². The summed E-state index contributed by atoms with van der Waals surface area (Å²) in [6, 6.07) is 0. The predicted molar refractivity (Wildman–Crippen MR) is 70.7 cm³/mol. The molecule has 3 heterocycles. The van der Waals surface area contributed by atoms with Crippen molar-refractivity contribution in [2.75, 3.05) is 13.6 Å². The molecule has 0 radical (unpaired) electrons. The van der Waals surface area contributed by atoms with Gasteiger partial charge < -0.3 is 9.73 Å². The first kappa shape index (κ1) is 11.9. The second-order valence-corrected chi connectivity index (χ2v) is 4.29. The Hall–Kier alpha value is -2.21. The molecular formula is C13H15N5O. The van der Waals surface area contributed by atoms with Crippen LogP contribution >= 0.6 is 0 Å². The second-order valence-electron chi connectivity index (χ2n) is 4.29. The van der Waals surface area contributed by atoms with E-state index in [2.05, 4.69) is 20.4 Å². The van der Waals surface area contributed by atoms with Gasteiger partial charge in [0.1, 0.15) is 0 Å². The van der Waals surface area contributed by atoms with Crippen LogP contribution in [0.25, 0.3) is 16.8 Å². The van der Waals surface area contributed by atoms with Gasteiger partial charge in [-0.2, -0.15) is 5.10 Å². The number of aryl methyl sites for hydroxylation is 1. The molecule has 0 amide bonds. The van der Waals surface area contributed by atoms with Crippen LogP contribution in [0.15, 0.2) is 35.4 Å². The van der Waals surface area contributed by atoms with E-state index in [-0.39, 0.29) is 0 Å². The summed E-state index contributed by atoms with van der Waals surface area (Å²) >= 11 is 0. The van der Waals surface area contributed by atoms with E-state index in [1.165, 1.54) is 0 Å². The lowest BCUT2D eigenvalue weighted by Gasteiger charge is -1.96. The molecule has 0 aliphatic carbocycles. The van der Waals surface area contributed by atoms with Crippen molar-refractivity contribution >= 4 is 5.52 Å². The maximum atomic E-state index is 5.76. The fourth-order valence-corrected chi connectivity index (χ4v) is 1.99. The van der Waals surface area contributed by atoms with Crippen molar-refractivity contribution in [2.45, 2.75) is 12.8 Å². The molecular weight excluding hydrogens is 242 g/mol. The average Bonchev–Trinajstić information content (AvgIpc) is 3.05. The highest BCUT2D eigenvalue weighted by molar-refractivity contribution is 5.75. The van der Waals surface area contributed by atoms with Crippen molar-refractivity contribution in [1.29, 1.82) is 0 Å². The number of oxazole rings is 1. The van der Waals surface area contributed by atoms with Gasteiger partial charge >= 0.3 is 0 Å². The zero-order valence-electron chi connectivity index (χ0n) is 10.7. The van der Waals surface area contributed by atoms with Crippen LogP contribution in [-0.2, 0) is 6.42 Å². The number of nitrogens with zero attached hydrogens (tertiary/aromatic N) is 4. The van der Waals surface area contributed by atoms with E-state index >= 15 is 0 Å². The molecule has 6 nitrogen and oxygen atoms in total. The van der Waals surface area contributed by atoms with Crippen LogP contribution < -0.4 is 5.32 Å². The van der Waals surface area contributed by atoms with Crippen LogP contribution in [0.1, 0.15) is 12.3 Å². The average molecular weight is 257 g/mol. The van der Waals surface area contributed by atoms with E-state index in [1.807, 2.05) is 13.2 Å². The minimum Gasteiger partial charge on any atom is -0.441 e. The number of aromatic nitrogens is 4. The third-order valence-corrected chi connectivity index (χ3v) is 2.96. The van der Waals surface area contributed by atoms with Crippen LogP contribution in [0.5, 0.6) is 0 Å². The van der Waals surface area contributed by atoms with E-state index in [9.17, 15) is 0 Å². The highest BCUT2D eigenvalue weighted by atomic mass is 16.4. The summed E-state index contributed by atoms with van der Waals surface area (Å²) < 4.78 is 7.53. The van der Waals surface area contributed by atoms with Crippen molar-refractivity contribution < 1.29 is 4.42 Å². The lowest BCUT2D eigenvalue weighted by Crippen LogP contribution is -2.08. The van der Waals surface area contributed by atoms with Crippen molar-refractivity contribution in [3.05, 3.63) is 36.9 Å². The van der Waals surface area contributed by atoms with Gasteiger partial charge in [-0.15, -0.1) is 0 Å². The van der Waals surface area contributed by atoms with E-state index in [0.717, 1.165) is 42.1 Å². The molecule has 1 N–H and O–H groups in total. The highest BCUT2D eigenvalue weighted by Crippen LogP contribution is 2.24. The van der Waals surface area contributed by atoms with Gasteiger partial charge in [-0.05, 0) is 20.0 Å². The van der Waals surface area contributed by atoms with Gasteiger partial charge in [0.15, 0.2) is 11.7 Å². The van der Waals surface area contributed by atoms with Crippen molar-refractivity contribution in [3.8, 4) is 11.3 Å². The minimum absolute atomic E-state index is 0.738. The maximum absolute atomic E-state index is 5.76. The summed E-state index contributed by atoms with van der Waals surface area (Å²) in [7, 11) is 1.94. The normalized spacial score (nSPS) is 11.2. The molecule has 3 aromatic heterocycles. The number of nitrogens with one attached hydrogen (secondary N) is 1. The largest absolute Gasteiger partial charge is 0.441 e.